The van der Waals surface area contributed by atoms with Crippen LogP contribution in [0.15, 0.2) is 24.3 Å². The highest BCUT2D eigenvalue weighted by Gasteiger charge is 2.18. The second-order valence-electron chi connectivity index (χ2n) is 4.76. The van der Waals surface area contributed by atoms with Crippen molar-refractivity contribution in [2.75, 3.05) is 13.2 Å². The summed E-state index contributed by atoms with van der Waals surface area (Å²) in [6.07, 6.45) is 1.83. The number of primary sulfonamides is 1. The molecule has 19 heavy (non-hydrogen) atoms. The summed E-state index contributed by atoms with van der Waals surface area (Å²) in [5.41, 5.74) is 2.47. The van der Waals surface area contributed by atoms with E-state index in [9.17, 15) is 8.42 Å². The Morgan fingerprint density at radius 2 is 1.84 bits per heavy atom. The van der Waals surface area contributed by atoms with Gasteiger partial charge in [0.15, 0.2) is 0 Å². The third-order valence-electron chi connectivity index (χ3n) is 3.16. The summed E-state index contributed by atoms with van der Waals surface area (Å²) in [5.74, 6) is 0. The number of ether oxygens (including phenoxy) is 1. The molecule has 5 heteroatoms. The molecular formula is C14H23NO3S. The summed E-state index contributed by atoms with van der Waals surface area (Å²) in [4.78, 5) is 0. The van der Waals surface area contributed by atoms with E-state index in [0.717, 1.165) is 6.42 Å². The summed E-state index contributed by atoms with van der Waals surface area (Å²) >= 11 is 0. The largest absolute Gasteiger partial charge is 0.381 e. The third-order valence-corrected chi connectivity index (χ3v) is 4.66. The molecule has 1 aromatic carbocycles. The normalized spacial score (nSPS) is 13.4. The van der Waals surface area contributed by atoms with E-state index in [-0.39, 0.29) is 0 Å². The highest BCUT2D eigenvalue weighted by Crippen LogP contribution is 2.08. The second kappa shape index (κ2) is 7.62. The van der Waals surface area contributed by atoms with Gasteiger partial charge >= 0.3 is 0 Å². The van der Waals surface area contributed by atoms with Crippen molar-refractivity contribution in [1.82, 2.24) is 0 Å². The fourth-order valence-electron chi connectivity index (χ4n) is 1.86. The van der Waals surface area contributed by atoms with E-state index >= 15 is 0 Å². The average molecular weight is 285 g/mol. The van der Waals surface area contributed by atoms with E-state index in [1.165, 1.54) is 11.1 Å². The van der Waals surface area contributed by atoms with Crippen LogP contribution in [0, 0.1) is 6.92 Å². The van der Waals surface area contributed by atoms with Gasteiger partial charge in [-0.15, -0.1) is 0 Å². The molecule has 1 aromatic rings. The molecule has 1 rings (SSSR count). The summed E-state index contributed by atoms with van der Waals surface area (Å²) in [5, 5.41) is 4.63. The molecule has 0 amide bonds. The number of hydrogen-bond donors (Lipinski definition) is 1. The fourth-order valence-corrected chi connectivity index (χ4v) is 2.75. The van der Waals surface area contributed by atoms with Gasteiger partial charge in [-0.3, -0.25) is 0 Å². The first-order chi connectivity index (χ1) is 8.93. The number of benzene rings is 1. The van der Waals surface area contributed by atoms with Gasteiger partial charge < -0.3 is 4.74 Å². The molecule has 2 N–H and O–H groups in total. The van der Waals surface area contributed by atoms with E-state index in [1.807, 2.05) is 6.92 Å². The van der Waals surface area contributed by atoms with Crippen LogP contribution in [-0.4, -0.2) is 26.9 Å². The highest BCUT2D eigenvalue weighted by atomic mass is 32.2. The monoisotopic (exact) mass is 285 g/mol. The molecule has 0 aliphatic heterocycles. The van der Waals surface area contributed by atoms with Crippen LogP contribution < -0.4 is 5.14 Å². The topological polar surface area (TPSA) is 69.4 Å². The third kappa shape index (κ3) is 6.18. The number of hydrogen-bond acceptors (Lipinski definition) is 3. The van der Waals surface area contributed by atoms with E-state index in [2.05, 4.69) is 31.2 Å². The zero-order valence-electron chi connectivity index (χ0n) is 11.6. The molecule has 0 aliphatic rings. The lowest BCUT2D eigenvalue weighted by Gasteiger charge is -2.12. The van der Waals surface area contributed by atoms with Gasteiger partial charge in [-0.05, 0) is 31.7 Å². The van der Waals surface area contributed by atoms with Crippen molar-refractivity contribution in [2.45, 2.75) is 38.4 Å². The summed E-state index contributed by atoms with van der Waals surface area (Å²) < 4.78 is 27.9. The molecule has 1 atom stereocenters. The average Bonchev–Trinajstić information content (AvgIpc) is 2.34. The van der Waals surface area contributed by atoms with Crippen molar-refractivity contribution >= 4 is 10.0 Å². The maximum absolute atomic E-state index is 11.2. The van der Waals surface area contributed by atoms with Crippen LogP contribution in [0.5, 0.6) is 0 Å². The Balaban J connectivity index is 2.22. The van der Waals surface area contributed by atoms with E-state index < -0.39 is 15.3 Å². The van der Waals surface area contributed by atoms with Gasteiger partial charge in [0, 0.05) is 6.61 Å². The Labute approximate surface area is 116 Å². The van der Waals surface area contributed by atoms with Crippen LogP contribution in [0.3, 0.4) is 0 Å². The molecule has 108 valence electrons. The fraction of sp³-hybridized carbons (Fsp3) is 0.571. The lowest BCUT2D eigenvalue weighted by molar-refractivity contribution is 0.133. The molecule has 0 aliphatic carbocycles. The van der Waals surface area contributed by atoms with E-state index in [0.29, 0.717) is 26.1 Å². The van der Waals surface area contributed by atoms with Crippen molar-refractivity contribution < 1.29 is 13.2 Å². The molecule has 1 unspecified atom stereocenters. The minimum atomic E-state index is -3.44. The van der Waals surface area contributed by atoms with Gasteiger partial charge in [0.05, 0.1) is 11.9 Å². The first-order valence-electron chi connectivity index (χ1n) is 6.58. The van der Waals surface area contributed by atoms with Crippen LogP contribution in [0.25, 0.3) is 0 Å². The predicted molar refractivity (Wildman–Crippen MR) is 77.5 cm³/mol. The van der Waals surface area contributed by atoms with Crippen LogP contribution in [0.1, 0.15) is 30.9 Å². The molecule has 0 saturated carbocycles. The second-order valence-corrected chi connectivity index (χ2v) is 6.60. The number of sulfonamides is 1. The molecule has 4 nitrogen and oxygen atoms in total. The SMILES string of the molecule is CCC(CCOCCc1ccc(C)cc1)S(N)(=O)=O. The van der Waals surface area contributed by atoms with Crippen molar-refractivity contribution in [3.05, 3.63) is 35.4 Å². The summed E-state index contributed by atoms with van der Waals surface area (Å²) in [7, 11) is -3.44. The lowest BCUT2D eigenvalue weighted by atomic mass is 10.1. The minimum absolute atomic E-state index is 0.431. The standard InChI is InChI=1S/C14H23NO3S/c1-3-14(19(15,16)17)9-11-18-10-8-13-6-4-12(2)5-7-13/h4-7,14H,3,8-11H2,1-2H3,(H2,15,16,17). The zero-order chi connectivity index (χ0) is 14.3. The molecule has 0 spiro atoms. The molecule has 0 fully saturated rings. The van der Waals surface area contributed by atoms with Crippen LogP contribution in [-0.2, 0) is 21.2 Å². The summed E-state index contributed by atoms with van der Waals surface area (Å²) in [6.45, 7) is 4.91. The summed E-state index contributed by atoms with van der Waals surface area (Å²) in [6, 6.07) is 8.31. The first-order valence-corrected chi connectivity index (χ1v) is 8.19. The lowest BCUT2D eigenvalue weighted by Crippen LogP contribution is -2.29. The molecule has 0 bridgehead atoms. The number of rotatable bonds is 8. The number of nitrogens with two attached hydrogens (primary N) is 1. The molecule has 0 aromatic heterocycles. The zero-order valence-corrected chi connectivity index (χ0v) is 12.4. The van der Waals surface area contributed by atoms with Gasteiger partial charge in [-0.25, -0.2) is 13.6 Å². The van der Waals surface area contributed by atoms with Gasteiger partial charge in [0.2, 0.25) is 10.0 Å². The molecule has 0 heterocycles. The molecule has 0 saturated heterocycles. The minimum Gasteiger partial charge on any atom is -0.381 e. The van der Waals surface area contributed by atoms with Crippen LogP contribution in [0.4, 0.5) is 0 Å². The van der Waals surface area contributed by atoms with Gasteiger partial charge in [-0.2, -0.15) is 0 Å². The van der Waals surface area contributed by atoms with Crippen LogP contribution in [0.2, 0.25) is 0 Å². The Bertz CT molecular complexity index is 468. The Morgan fingerprint density at radius 3 is 2.37 bits per heavy atom. The van der Waals surface area contributed by atoms with Crippen molar-refractivity contribution in [2.24, 2.45) is 5.14 Å². The molecular weight excluding hydrogens is 262 g/mol. The Morgan fingerprint density at radius 1 is 1.21 bits per heavy atom. The van der Waals surface area contributed by atoms with E-state index in [1.54, 1.807) is 0 Å². The van der Waals surface area contributed by atoms with Gasteiger partial charge in [0.25, 0.3) is 0 Å². The quantitative estimate of drug-likeness (QED) is 0.743. The smallest absolute Gasteiger partial charge is 0.212 e. The van der Waals surface area contributed by atoms with E-state index in [4.69, 9.17) is 9.88 Å². The Kier molecular flexibility index (Phi) is 6.48. The maximum Gasteiger partial charge on any atom is 0.212 e. The van der Waals surface area contributed by atoms with Crippen molar-refractivity contribution in [1.29, 1.82) is 0 Å². The Hall–Kier alpha value is -0.910. The van der Waals surface area contributed by atoms with Crippen molar-refractivity contribution in [3.8, 4) is 0 Å². The van der Waals surface area contributed by atoms with Gasteiger partial charge in [-0.1, -0.05) is 36.8 Å². The van der Waals surface area contributed by atoms with Gasteiger partial charge in [0.1, 0.15) is 0 Å². The first kappa shape index (κ1) is 16.1. The predicted octanol–water partition coefficient (Wildman–Crippen LogP) is 2.01. The molecule has 0 radical (unpaired) electrons. The maximum atomic E-state index is 11.2. The number of aryl methyl sites for hydroxylation is 1. The highest BCUT2D eigenvalue weighted by molar-refractivity contribution is 7.89. The van der Waals surface area contributed by atoms with Crippen molar-refractivity contribution in [3.63, 3.8) is 0 Å². The van der Waals surface area contributed by atoms with Crippen LogP contribution >= 0.6 is 0 Å².